The summed E-state index contributed by atoms with van der Waals surface area (Å²) in [6, 6.07) is 16.3. The molecule has 47 heavy (non-hydrogen) atoms. The van der Waals surface area contributed by atoms with Gasteiger partial charge >= 0.3 is 0 Å². The van der Waals surface area contributed by atoms with Gasteiger partial charge in [-0.25, -0.2) is 9.97 Å². The Morgan fingerprint density at radius 3 is 2.26 bits per heavy atom. The van der Waals surface area contributed by atoms with Gasteiger partial charge in [-0.1, -0.05) is 60.1 Å². The number of rotatable bonds is 14. The van der Waals surface area contributed by atoms with Crippen molar-refractivity contribution in [3.8, 4) is 11.1 Å². The van der Waals surface area contributed by atoms with Gasteiger partial charge < -0.3 is 32.7 Å². The number of hydrogen-bond donors (Lipinski definition) is 7. The fraction of sp³-hybridized carbons (Fsp3) is 0.394. The number of nitrogens with one attached hydrogen (secondary N) is 4. The van der Waals surface area contributed by atoms with E-state index in [0.29, 0.717) is 45.4 Å². The fourth-order valence-corrected chi connectivity index (χ4v) is 5.52. The summed E-state index contributed by atoms with van der Waals surface area (Å²) in [5.74, 6) is -1.18. The number of nitrogens with two attached hydrogens (primary N) is 3. The summed E-state index contributed by atoms with van der Waals surface area (Å²) < 4.78 is 0. The first-order chi connectivity index (χ1) is 22.7. The molecule has 1 saturated heterocycles. The Hall–Kier alpha value is -4.75. The number of benzene rings is 2. The Bertz CT molecular complexity index is 1550. The van der Waals surface area contributed by atoms with Crippen LogP contribution in [0.3, 0.4) is 0 Å². The molecule has 10 N–H and O–H groups in total. The smallest absolute Gasteiger partial charge is 0.280 e. The SMILES string of the molecule is N=C(NCCCCc1ccc(-c2ccc(CCC(=O)N3CCNC(=O)[C@@H]3CCCCN)cc2)cc1)NC(=O)c1nc(Cl)c(N)nc1N. The number of nitrogens with zero attached hydrogens (tertiary/aromatic N) is 3. The molecule has 13 nitrogen and oxygen atoms in total. The number of aryl methyl sites for hydroxylation is 2. The highest BCUT2D eigenvalue weighted by molar-refractivity contribution is 6.31. The molecule has 2 heterocycles. The Kier molecular flexibility index (Phi) is 12.9. The summed E-state index contributed by atoms with van der Waals surface area (Å²) in [5, 5.41) is 15.9. The zero-order chi connectivity index (χ0) is 33.8. The maximum atomic E-state index is 13.0. The van der Waals surface area contributed by atoms with Gasteiger partial charge in [-0.2, -0.15) is 0 Å². The predicted molar refractivity (Wildman–Crippen MR) is 184 cm³/mol. The second kappa shape index (κ2) is 17.2. The van der Waals surface area contributed by atoms with E-state index in [0.717, 1.165) is 48.8 Å². The Balaban J connectivity index is 1.17. The molecular weight excluding hydrogens is 620 g/mol. The first-order valence-electron chi connectivity index (χ1n) is 15.8. The van der Waals surface area contributed by atoms with E-state index in [2.05, 4.69) is 74.4 Å². The highest BCUT2D eigenvalue weighted by atomic mass is 35.5. The highest BCUT2D eigenvalue weighted by Crippen LogP contribution is 2.22. The van der Waals surface area contributed by atoms with Crippen LogP contribution in [0, 0.1) is 5.41 Å². The molecule has 250 valence electrons. The fourth-order valence-electron chi connectivity index (χ4n) is 5.40. The lowest BCUT2D eigenvalue weighted by molar-refractivity contribution is -0.143. The lowest BCUT2D eigenvalue weighted by atomic mass is 9.99. The van der Waals surface area contributed by atoms with Crippen molar-refractivity contribution < 1.29 is 14.4 Å². The van der Waals surface area contributed by atoms with Crippen molar-refractivity contribution in [2.45, 2.75) is 57.4 Å². The van der Waals surface area contributed by atoms with Crippen LogP contribution in [0.4, 0.5) is 11.6 Å². The molecule has 2 aromatic carbocycles. The van der Waals surface area contributed by atoms with Crippen molar-refractivity contribution in [1.29, 1.82) is 5.41 Å². The van der Waals surface area contributed by atoms with Gasteiger partial charge in [-0.05, 0) is 73.7 Å². The van der Waals surface area contributed by atoms with Gasteiger partial charge in [0.1, 0.15) is 6.04 Å². The lowest BCUT2D eigenvalue weighted by Crippen LogP contribution is -2.57. The molecule has 1 aromatic heterocycles. The number of aromatic nitrogens is 2. The van der Waals surface area contributed by atoms with E-state index in [-0.39, 0.29) is 40.3 Å². The largest absolute Gasteiger partial charge is 0.382 e. The monoisotopic (exact) mass is 662 g/mol. The van der Waals surface area contributed by atoms with Crippen LogP contribution in [0.5, 0.6) is 0 Å². The van der Waals surface area contributed by atoms with Crippen molar-refractivity contribution >= 4 is 46.9 Å². The molecule has 3 aromatic rings. The average molecular weight is 663 g/mol. The van der Waals surface area contributed by atoms with Crippen molar-refractivity contribution in [2.24, 2.45) is 5.73 Å². The number of carbonyl (C=O) groups excluding carboxylic acids is 3. The van der Waals surface area contributed by atoms with Crippen molar-refractivity contribution in [3.63, 3.8) is 0 Å². The normalized spacial score (nSPS) is 14.4. The van der Waals surface area contributed by atoms with Gasteiger partial charge in [-0.15, -0.1) is 0 Å². The Labute approximate surface area is 279 Å². The second-order valence-corrected chi connectivity index (χ2v) is 11.8. The van der Waals surface area contributed by atoms with Crippen molar-refractivity contribution in [3.05, 3.63) is 70.5 Å². The molecule has 0 saturated carbocycles. The summed E-state index contributed by atoms with van der Waals surface area (Å²) in [6.07, 6.45) is 5.84. The van der Waals surface area contributed by atoms with Gasteiger partial charge in [-0.3, -0.25) is 25.1 Å². The van der Waals surface area contributed by atoms with E-state index in [1.54, 1.807) is 4.90 Å². The molecule has 4 rings (SSSR count). The molecule has 1 aliphatic rings. The summed E-state index contributed by atoms with van der Waals surface area (Å²) in [6.45, 7) is 2.12. The third-order valence-corrected chi connectivity index (χ3v) is 8.28. The van der Waals surface area contributed by atoms with Gasteiger partial charge in [0.15, 0.2) is 28.4 Å². The molecule has 0 spiro atoms. The van der Waals surface area contributed by atoms with E-state index in [1.807, 2.05) is 0 Å². The average Bonchev–Trinajstić information content (AvgIpc) is 3.06. The molecule has 1 atom stereocenters. The van der Waals surface area contributed by atoms with E-state index in [1.165, 1.54) is 5.56 Å². The Morgan fingerprint density at radius 2 is 1.60 bits per heavy atom. The summed E-state index contributed by atoms with van der Waals surface area (Å²) >= 11 is 5.82. The number of amides is 3. The van der Waals surface area contributed by atoms with Crippen LogP contribution in [0.25, 0.3) is 11.1 Å². The maximum absolute atomic E-state index is 13.0. The summed E-state index contributed by atoms with van der Waals surface area (Å²) in [4.78, 5) is 47.1. The van der Waals surface area contributed by atoms with Crippen LogP contribution in [-0.2, 0) is 22.4 Å². The number of hydrogen-bond acceptors (Lipinski definition) is 9. The van der Waals surface area contributed by atoms with Gasteiger partial charge in [0.2, 0.25) is 11.8 Å². The quantitative estimate of drug-likeness (QED) is 0.0765. The minimum atomic E-state index is -0.702. The first kappa shape index (κ1) is 35.1. The predicted octanol–water partition coefficient (Wildman–Crippen LogP) is 2.63. The van der Waals surface area contributed by atoms with Crippen molar-refractivity contribution in [1.82, 2.24) is 30.8 Å². The Morgan fingerprint density at radius 1 is 0.936 bits per heavy atom. The van der Waals surface area contributed by atoms with Crippen LogP contribution in [0.2, 0.25) is 5.15 Å². The van der Waals surface area contributed by atoms with Crippen LogP contribution < -0.4 is 33.2 Å². The molecule has 1 fully saturated rings. The molecule has 3 amide bonds. The van der Waals surface area contributed by atoms with Crippen LogP contribution in [0.1, 0.15) is 60.1 Å². The zero-order valence-electron chi connectivity index (χ0n) is 26.4. The van der Waals surface area contributed by atoms with Crippen LogP contribution >= 0.6 is 11.6 Å². The maximum Gasteiger partial charge on any atom is 0.280 e. The molecule has 0 unspecified atom stereocenters. The third-order valence-electron chi connectivity index (χ3n) is 8.00. The molecule has 0 bridgehead atoms. The number of nitrogen functional groups attached to an aromatic ring is 2. The van der Waals surface area contributed by atoms with E-state index < -0.39 is 11.9 Å². The van der Waals surface area contributed by atoms with Crippen molar-refractivity contribution in [2.75, 3.05) is 37.6 Å². The topological polar surface area (TPSA) is 218 Å². The lowest BCUT2D eigenvalue weighted by Gasteiger charge is -2.35. The minimum Gasteiger partial charge on any atom is -0.382 e. The second-order valence-electron chi connectivity index (χ2n) is 11.4. The summed E-state index contributed by atoms with van der Waals surface area (Å²) in [7, 11) is 0. The minimum absolute atomic E-state index is 0.0131. The first-order valence-corrected chi connectivity index (χ1v) is 16.2. The van der Waals surface area contributed by atoms with Gasteiger partial charge in [0.25, 0.3) is 5.91 Å². The number of halogens is 1. The summed E-state index contributed by atoms with van der Waals surface area (Å²) in [5.41, 5.74) is 21.1. The molecule has 1 aliphatic heterocycles. The number of anilines is 2. The van der Waals surface area contributed by atoms with E-state index in [4.69, 9.17) is 34.2 Å². The van der Waals surface area contributed by atoms with Crippen LogP contribution in [0.15, 0.2) is 48.5 Å². The highest BCUT2D eigenvalue weighted by Gasteiger charge is 2.32. The molecule has 0 aliphatic carbocycles. The number of piperazine rings is 1. The van der Waals surface area contributed by atoms with E-state index in [9.17, 15) is 14.4 Å². The third kappa shape index (κ3) is 10.1. The molecular formula is C33H43ClN10O3. The zero-order valence-corrected chi connectivity index (χ0v) is 27.1. The van der Waals surface area contributed by atoms with Gasteiger partial charge in [0, 0.05) is 26.1 Å². The molecule has 14 heteroatoms. The van der Waals surface area contributed by atoms with Gasteiger partial charge in [0.05, 0.1) is 0 Å². The number of guanidine groups is 1. The number of unbranched alkanes of at least 4 members (excludes halogenated alkanes) is 2. The number of carbonyl (C=O) groups is 3. The molecule has 0 radical (unpaired) electrons. The standard InChI is InChI=1S/C33H43ClN10O3/c34-28-30(37)42-29(36)27(41-28)32(47)43-33(38)40-18-4-2-5-21-7-12-23(13-8-21)24-14-9-22(10-15-24)11-16-26(45)44-20-19-39-31(46)25(44)6-1-3-17-35/h7-10,12-15,25H,1-6,11,16-20,35H2,(H,39,46)(H4,36,37,42)(H3,38,40,43,47)/t25-/m0/s1. The van der Waals surface area contributed by atoms with Crippen LogP contribution in [-0.4, -0.2) is 70.8 Å². The van der Waals surface area contributed by atoms with E-state index >= 15 is 0 Å².